The van der Waals surface area contributed by atoms with E-state index in [1.807, 2.05) is 30.9 Å². The number of hydrogen-bond donors (Lipinski definition) is 1. The molecular weight excluding hydrogens is 303 g/mol. The lowest BCUT2D eigenvalue weighted by Gasteiger charge is -2.29. The van der Waals surface area contributed by atoms with Gasteiger partial charge in [-0.15, -0.1) is 0 Å². The standard InChI is InChI=1S/C20H23FN2O/c1-3-12-23(19-11-9-15-6-4-5-7-16(15)19)20(24)22-18-10-8-14(2)13-17(18)21/h4-8,10,13,19H,3,9,11-12H2,1-2H3,(H,22,24)/t19-/m0/s1. The molecule has 126 valence electrons. The number of benzene rings is 2. The van der Waals surface area contributed by atoms with Crippen LogP contribution in [0.2, 0.25) is 0 Å². The number of aryl methyl sites for hydroxylation is 2. The fourth-order valence-corrected chi connectivity index (χ4v) is 3.41. The van der Waals surface area contributed by atoms with E-state index in [-0.39, 0.29) is 17.8 Å². The Morgan fingerprint density at radius 2 is 2.08 bits per heavy atom. The van der Waals surface area contributed by atoms with Crippen molar-refractivity contribution in [2.24, 2.45) is 0 Å². The number of urea groups is 1. The summed E-state index contributed by atoms with van der Waals surface area (Å²) in [6.45, 7) is 4.53. The van der Waals surface area contributed by atoms with Crippen LogP contribution in [0.4, 0.5) is 14.9 Å². The Morgan fingerprint density at radius 1 is 1.29 bits per heavy atom. The summed E-state index contributed by atoms with van der Waals surface area (Å²) >= 11 is 0. The molecular formula is C20H23FN2O. The van der Waals surface area contributed by atoms with Crippen LogP contribution in [-0.4, -0.2) is 17.5 Å². The average molecular weight is 326 g/mol. The monoisotopic (exact) mass is 326 g/mol. The van der Waals surface area contributed by atoms with Gasteiger partial charge in [0.15, 0.2) is 0 Å². The molecule has 1 aliphatic rings. The van der Waals surface area contributed by atoms with E-state index in [1.54, 1.807) is 12.1 Å². The molecule has 1 N–H and O–H groups in total. The molecule has 0 radical (unpaired) electrons. The van der Waals surface area contributed by atoms with E-state index in [9.17, 15) is 9.18 Å². The Hall–Kier alpha value is -2.36. The molecule has 0 bridgehead atoms. The molecule has 3 nitrogen and oxygen atoms in total. The molecule has 0 spiro atoms. The van der Waals surface area contributed by atoms with Crippen molar-refractivity contribution < 1.29 is 9.18 Å². The molecule has 2 amide bonds. The Balaban J connectivity index is 1.82. The second-order valence-electron chi connectivity index (χ2n) is 6.36. The Morgan fingerprint density at radius 3 is 2.83 bits per heavy atom. The number of carbonyl (C=O) groups excluding carboxylic acids is 1. The first-order chi connectivity index (χ1) is 11.6. The summed E-state index contributed by atoms with van der Waals surface area (Å²) in [4.78, 5) is 14.6. The zero-order valence-corrected chi connectivity index (χ0v) is 14.2. The van der Waals surface area contributed by atoms with Crippen molar-refractivity contribution in [1.82, 2.24) is 4.90 Å². The van der Waals surface area contributed by atoms with Crippen LogP contribution in [0.1, 0.15) is 42.5 Å². The fraction of sp³-hybridized carbons (Fsp3) is 0.350. The normalized spacial score (nSPS) is 15.9. The number of halogens is 1. The number of anilines is 1. The Labute approximate surface area is 142 Å². The SMILES string of the molecule is CCCN(C(=O)Nc1ccc(C)cc1F)[C@H]1CCc2ccccc21. The maximum Gasteiger partial charge on any atom is 0.322 e. The summed E-state index contributed by atoms with van der Waals surface area (Å²) in [6, 6.07) is 12.9. The van der Waals surface area contributed by atoms with Crippen molar-refractivity contribution in [3.63, 3.8) is 0 Å². The molecule has 2 aromatic carbocycles. The van der Waals surface area contributed by atoms with E-state index in [2.05, 4.69) is 17.4 Å². The molecule has 0 aliphatic heterocycles. The molecule has 0 saturated heterocycles. The van der Waals surface area contributed by atoms with E-state index >= 15 is 0 Å². The van der Waals surface area contributed by atoms with Gasteiger partial charge in [-0.1, -0.05) is 37.3 Å². The van der Waals surface area contributed by atoms with Gasteiger partial charge in [0.25, 0.3) is 0 Å². The van der Waals surface area contributed by atoms with Crippen LogP contribution in [0.3, 0.4) is 0 Å². The van der Waals surface area contributed by atoms with Gasteiger partial charge in [0.1, 0.15) is 5.82 Å². The lowest BCUT2D eigenvalue weighted by atomic mass is 10.1. The highest BCUT2D eigenvalue weighted by Crippen LogP contribution is 2.36. The van der Waals surface area contributed by atoms with Crippen molar-refractivity contribution >= 4 is 11.7 Å². The molecule has 3 rings (SSSR count). The number of fused-ring (bicyclic) bond motifs is 1. The molecule has 24 heavy (non-hydrogen) atoms. The van der Waals surface area contributed by atoms with E-state index in [0.29, 0.717) is 6.54 Å². The summed E-state index contributed by atoms with van der Waals surface area (Å²) in [5.74, 6) is -0.397. The minimum Gasteiger partial charge on any atom is -0.317 e. The van der Waals surface area contributed by atoms with Crippen molar-refractivity contribution in [3.8, 4) is 0 Å². The lowest BCUT2D eigenvalue weighted by Crippen LogP contribution is -2.38. The zero-order valence-electron chi connectivity index (χ0n) is 14.2. The number of carbonyl (C=O) groups is 1. The zero-order chi connectivity index (χ0) is 17.1. The van der Waals surface area contributed by atoms with Crippen LogP contribution in [0.25, 0.3) is 0 Å². The molecule has 1 atom stereocenters. The second-order valence-corrected chi connectivity index (χ2v) is 6.36. The molecule has 0 unspecified atom stereocenters. The van der Waals surface area contributed by atoms with Gasteiger partial charge in [0.05, 0.1) is 11.7 Å². The number of hydrogen-bond acceptors (Lipinski definition) is 1. The van der Waals surface area contributed by atoms with Crippen LogP contribution >= 0.6 is 0 Å². The van der Waals surface area contributed by atoms with Crippen LogP contribution < -0.4 is 5.32 Å². The van der Waals surface area contributed by atoms with Gasteiger partial charge < -0.3 is 10.2 Å². The largest absolute Gasteiger partial charge is 0.322 e. The minimum atomic E-state index is -0.397. The van der Waals surface area contributed by atoms with E-state index in [4.69, 9.17) is 0 Å². The van der Waals surface area contributed by atoms with Crippen molar-refractivity contribution in [2.45, 2.75) is 39.2 Å². The third-order valence-corrected chi connectivity index (χ3v) is 4.57. The highest BCUT2D eigenvalue weighted by Gasteiger charge is 2.30. The molecule has 0 heterocycles. The van der Waals surface area contributed by atoms with Gasteiger partial charge in [-0.2, -0.15) is 0 Å². The Kier molecular flexibility index (Phi) is 4.84. The summed E-state index contributed by atoms with van der Waals surface area (Å²) in [6.07, 6.45) is 2.76. The fourth-order valence-electron chi connectivity index (χ4n) is 3.41. The van der Waals surface area contributed by atoms with E-state index < -0.39 is 5.82 Å². The predicted octanol–water partition coefficient (Wildman–Crippen LogP) is 5.07. The predicted molar refractivity (Wildman–Crippen MR) is 94.7 cm³/mol. The molecule has 0 fully saturated rings. The number of nitrogens with zero attached hydrogens (tertiary/aromatic N) is 1. The van der Waals surface area contributed by atoms with Crippen LogP contribution in [0, 0.1) is 12.7 Å². The van der Waals surface area contributed by atoms with Gasteiger partial charge in [0.2, 0.25) is 0 Å². The Bertz CT molecular complexity index is 744. The van der Waals surface area contributed by atoms with Crippen molar-refractivity contribution in [3.05, 3.63) is 65.0 Å². The maximum absolute atomic E-state index is 14.0. The quantitative estimate of drug-likeness (QED) is 0.836. The summed E-state index contributed by atoms with van der Waals surface area (Å²) in [5, 5.41) is 2.74. The number of amides is 2. The van der Waals surface area contributed by atoms with Gasteiger partial charge >= 0.3 is 6.03 Å². The summed E-state index contributed by atoms with van der Waals surface area (Å²) in [5.41, 5.74) is 3.59. The van der Waals surface area contributed by atoms with Crippen molar-refractivity contribution in [2.75, 3.05) is 11.9 Å². The topological polar surface area (TPSA) is 32.3 Å². The third-order valence-electron chi connectivity index (χ3n) is 4.57. The third kappa shape index (κ3) is 3.28. The average Bonchev–Trinajstić information content (AvgIpc) is 2.99. The van der Waals surface area contributed by atoms with Crippen LogP contribution in [0.15, 0.2) is 42.5 Å². The van der Waals surface area contributed by atoms with Gasteiger partial charge in [-0.05, 0) is 55.0 Å². The molecule has 0 aromatic heterocycles. The molecule has 1 aliphatic carbocycles. The van der Waals surface area contributed by atoms with Gasteiger partial charge in [-0.25, -0.2) is 9.18 Å². The van der Waals surface area contributed by atoms with E-state index in [0.717, 1.165) is 24.8 Å². The molecule has 4 heteroatoms. The minimum absolute atomic E-state index is 0.0645. The molecule has 2 aromatic rings. The highest BCUT2D eigenvalue weighted by atomic mass is 19.1. The number of nitrogens with one attached hydrogen (secondary N) is 1. The first kappa shape index (κ1) is 16.5. The van der Waals surface area contributed by atoms with Gasteiger partial charge in [0, 0.05) is 6.54 Å². The van der Waals surface area contributed by atoms with Gasteiger partial charge in [-0.3, -0.25) is 0 Å². The first-order valence-corrected chi connectivity index (χ1v) is 8.51. The second kappa shape index (κ2) is 7.04. The molecule has 0 saturated carbocycles. The summed E-state index contributed by atoms with van der Waals surface area (Å²) in [7, 11) is 0. The van der Waals surface area contributed by atoms with E-state index in [1.165, 1.54) is 17.2 Å². The smallest absolute Gasteiger partial charge is 0.317 e. The summed E-state index contributed by atoms with van der Waals surface area (Å²) < 4.78 is 14.0. The van der Waals surface area contributed by atoms with Crippen LogP contribution in [0.5, 0.6) is 0 Å². The highest BCUT2D eigenvalue weighted by molar-refractivity contribution is 5.90. The lowest BCUT2D eigenvalue weighted by molar-refractivity contribution is 0.187. The maximum atomic E-state index is 14.0. The first-order valence-electron chi connectivity index (χ1n) is 8.51. The van der Waals surface area contributed by atoms with Crippen LogP contribution in [-0.2, 0) is 6.42 Å². The van der Waals surface area contributed by atoms with Crippen molar-refractivity contribution in [1.29, 1.82) is 0 Å². The number of rotatable bonds is 4.